The Hall–Kier alpha value is -1.41. The van der Waals surface area contributed by atoms with Crippen molar-refractivity contribution in [2.75, 3.05) is 0 Å². The van der Waals surface area contributed by atoms with Gasteiger partial charge < -0.3 is 4.74 Å². The minimum absolute atomic E-state index is 0.236. The maximum atomic E-state index is 11.0. The minimum atomic E-state index is -0.703. The highest BCUT2D eigenvalue weighted by Crippen LogP contribution is 2.09. The number of nitrogens with zero attached hydrogens (tertiary/aromatic N) is 1. The molecule has 0 radical (unpaired) electrons. The Morgan fingerprint density at radius 1 is 1.50 bits per heavy atom. The molecule has 0 aromatic carbocycles. The molecule has 4 heteroatoms. The first-order chi connectivity index (χ1) is 5.37. The number of aliphatic imine (C=N–C) groups is 1. The first-order valence-corrected chi connectivity index (χ1v) is 3.37. The fourth-order valence-electron chi connectivity index (χ4n) is 0.438. The highest BCUT2D eigenvalue weighted by molar-refractivity contribution is 5.88. The molecule has 0 bridgehead atoms. The number of esters is 1. The Bertz CT molecular complexity index is 244. The summed E-state index contributed by atoms with van der Waals surface area (Å²) in [5.74, 6) is -0.703. The van der Waals surface area contributed by atoms with Crippen LogP contribution >= 0.6 is 0 Å². The molecule has 0 heterocycles. The number of rotatable bonds is 2. The predicted molar refractivity (Wildman–Crippen MR) is 43.1 cm³/mol. The van der Waals surface area contributed by atoms with Crippen molar-refractivity contribution in [1.82, 2.24) is 0 Å². The van der Waals surface area contributed by atoms with Gasteiger partial charge in [0.1, 0.15) is 5.60 Å². The maximum Gasteiger partial charge on any atom is 0.357 e. The molecule has 12 heavy (non-hydrogen) atoms. The Labute approximate surface area is 70.9 Å². The highest BCUT2D eigenvalue weighted by Gasteiger charge is 2.18. The molecule has 0 atom stereocenters. The molecule has 0 unspecified atom stereocenters. The zero-order valence-corrected chi connectivity index (χ0v) is 7.38. The maximum absolute atomic E-state index is 11.0. The van der Waals surface area contributed by atoms with Crippen molar-refractivity contribution in [2.45, 2.75) is 26.4 Å². The summed E-state index contributed by atoms with van der Waals surface area (Å²) in [7, 11) is 0. The third-order valence-corrected chi connectivity index (χ3v) is 0.815. The van der Waals surface area contributed by atoms with Gasteiger partial charge in [0.05, 0.1) is 0 Å². The normalized spacial score (nSPS) is 9.92. The molecule has 0 aliphatic heterocycles. The van der Waals surface area contributed by atoms with Gasteiger partial charge in [-0.1, -0.05) is 6.58 Å². The van der Waals surface area contributed by atoms with Crippen LogP contribution in [0.5, 0.6) is 0 Å². The van der Waals surface area contributed by atoms with Gasteiger partial charge in [-0.25, -0.2) is 9.59 Å². The Kier molecular flexibility index (Phi) is 3.38. The van der Waals surface area contributed by atoms with E-state index in [1.807, 2.05) is 0 Å². The van der Waals surface area contributed by atoms with E-state index < -0.39 is 11.6 Å². The molecule has 0 saturated carbocycles. The van der Waals surface area contributed by atoms with Crippen molar-refractivity contribution >= 4 is 12.0 Å². The zero-order chi connectivity index (χ0) is 9.78. The topological polar surface area (TPSA) is 55.7 Å². The smallest absolute Gasteiger partial charge is 0.357 e. The molecular weight excluding hydrogens is 158 g/mol. The van der Waals surface area contributed by atoms with Crippen LogP contribution in [0, 0.1) is 0 Å². The van der Waals surface area contributed by atoms with Crippen LogP contribution < -0.4 is 0 Å². The van der Waals surface area contributed by atoms with Gasteiger partial charge in [-0.05, 0) is 20.8 Å². The predicted octanol–water partition coefficient (Wildman–Crippen LogP) is 1.18. The average molecular weight is 169 g/mol. The second-order valence-corrected chi connectivity index (χ2v) is 3.15. The van der Waals surface area contributed by atoms with Crippen LogP contribution in [-0.2, 0) is 14.3 Å². The first-order valence-electron chi connectivity index (χ1n) is 3.37. The molecule has 0 rings (SSSR count). The van der Waals surface area contributed by atoms with Crippen LogP contribution in [0.15, 0.2) is 17.3 Å². The van der Waals surface area contributed by atoms with Crippen molar-refractivity contribution in [3.05, 3.63) is 12.3 Å². The Balaban J connectivity index is 4.24. The van der Waals surface area contributed by atoms with Crippen molar-refractivity contribution in [2.24, 2.45) is 4.99 Å². The van der Waals surface area contributed by atoms with Crippen molar-refractivity contribution in [3.8, 4) is 0 Å². The van der Waals surface area contributed by atoms with Gasteiger partial charge in [-0.3, -0.25) is 0 Å². The van der Waals surface area contributed by atoms with Crippen molar-refractivity contribution in [1.29, 1.82) is 0 Å². The molecule has 0 amide bonds. The molecule has 0 N–H and O–H groups in total. The van der Waals surface area contributed by atoms with Gasteiger partial charge in [-0.2, -0.15) is 4.99 Å². The summed E-state index contributed by atoms with van der Waals surface area (Å²) < 4.78 is 4.84. The highest BCUT2D eigenvalue weighted by atomic mass is 16.6. The summed E-state index contributed by atoms with van der Waals surface area (Å²) in [6.45, 7) is 8.36. The van der Waals surface area contributed by atoms with E-state index in [-0.39, 0.29) is 5.70 Å². The quantitative estimate of drug-likeness (QED) is 0.270. The van der Waals surface area contributed by atoms with Gasteiger partial charge in [0.25, 0.3) is 0 Å². The summed E-state index contributed by atoms with van der Waals surface area (Å²) in [5.41, 5.74) is -0.835. The summed E-state index contributed by atoms with van der Waals surface area (Å²) in [4.78, 5) is 23.7. The van der Waals surface area contributed by atoms with E-state index in [0.717, 1.165) is 0 Å². The summed E-state index contributed by atoms with van der Waals surface area (Å²) in [6, 6.07) is 0. The molecule has 0 aromatic rings. The summed E-state index contributed by atoms with van der Waals surface area (Å²) in [6.07, 6.45) is 1.21. The molecule has 0 aliphatic rings. The van der Waals surface area contributed by atoms with Gasteiger partial charge in [0.15, 0.2) is 5.70 Å². The number of isocyanates is 1. The van der Waals surface area contributed by atoms with Crippen LogP contribution in [0.25, 0.3) is 0 Å². The van der Waals surface area contributed by atoms with Crippen LogP contribution in [0.2, 0.25) is 0 Å². The number of carbonyl (C=O) groups is 1. The Morgan fingerprint density at radius 2 is 2.00 bits per heavy atom. The molecule has 4 nitrogen and oxygen atoms in total. The van der Waals surface area contributed by atoms with Gasteiger partial charge in [0, 0.05) is 0 Å². The molecule has 0 aromatic heterocycles. The van der Waals surface area contributed by atoms with Gasteiger partial charge in [0.2, 0.25) is 6.08 Å². The zero-order valence-electron chi connectivity index (χ0n) is 7.38. The van der Waals surface area contributed by atoms with Crippen LogP contribution in [0.4, 0.5) is 0 Å². The largest absolute Gasteiger partial charge is 0.455 e. The molecule has 0 saturated heterocycles. The summed E-state index contributed by atoms with van der Waals surface area (Å²) in [5, 5.41) is 0. The van der Waals surface area contributed by atoms with E-state index in [0.29, 0.717) is 0 Å². The van der Waals surface area contributed by atoms with Gasteiger partial charge >= 0.3 is 5.97 Å². The second kappa shape index (κ2) is 3.83. The lowest BCUT2D eigenvalue weighted by Crippen LogP contribution is -2.24. The van der Waals surface area contributed by atoms with Crippen molar-refractivity contribution < 1.29 is 14.3 Å². The Morgan fingerprint density at radius 3 is 2.33 bits per heavy atom. The van der Waals surface area contributed by atoms with Crippen LogP contribution in [0.3, 0.4) is 0 Å². The standard InChI is InChI=1S/C8H11NO3/c1-6(9-5-10)7(11)12-8(2,3)4/h1H2,2-4H3. The number of carbonyl (C=O) groups excluding carboxylic acids is 2. The third kappa shape index (κ3) is 4.41. The molecule has 66 valence electrons. The minimum Gasteiger partial charge on any atom is -0.455 e. The van der Waals surface area contributed by atoms with E-state index >= 15 is 0 Å². The number of hydrogen-bond acceptors (Lipinski definition) is 4. The molecule has 0 fully saturated rings. The SMILES string of the molecule is C=C(N=C=O)C(=O)OC(C)(C)C. The summed E-state index contributed by atoms with van der Waals surface area (Å²) >= 11 is 0. The third-order valence-electron chi connectivity index (χ3n) is 0.815. The fraction of sp³-hybridized carbons (Fsp3) is 0.500. The fourth-order valence-corrected chi connectivity index (χ4v) is 0.438. The monoisotopic (exact) mass is 169 g/mol. The number of ether oxygens (including phenoxy) is 1. The van der Waals surface area contributed by atoms with Crippen LogP contribution in [0.1, 0.15) is 20.8 Å². The lowest BCUT2D eigenvalue weighted by Gasteiger charge is -2.18. The lowest BCUT2D eigenvalue weighted by molar-refractivity contribution is -0.149. The van der Waals surface area contributed by atoms with Crippen molar-refractivity contribution in [3.63, 3.8) is 0 Å². The second-order valence-electron chi connectivity index (χ2n) is 3.15. The molecule has 0 aliphatic carbocycles. The van der Waals surface area contributed by atoms with E-state index in [9.17, 15) is 9.59 Å². The number of hydrogen-bond donors (Lipinski definition) is 0. The van der Waals surface area contributed by atoms with Gasteiger partial charge in [-0.15, -0.1) is 0 Å². The molecular formula is C8H11NO3. The lowest BCUT2D eigenvalue weighted by atomic mass is 10.2. The van der Waals surface area contributed by atoms with E-state index in [1.165, 1.54) is 6.08 Å². The molecule has 0 spiro atoms. The average Bonchev–Trinajstić information content (AvgIpc) is 1.84. The van der Waals surface area contributed by atoms with E-state index in [2.05, 4.69) is 11.6 Å². The first kappa shape index (κ1) is 10.6. The van der Waals surface area contributed by atoms with Crippen LogP contribution in [-0.4, -0.2) is 17.7 Å². The van der Waals surface area contributed by atoms with E-state index in [4.69, 9.17) is 4.74 Å². The van der Waals surface area contributed by atoms with E-state index in [1.54, 1.807) is 20.8 Å².